The monoisotopic (exact) mass is 265 g/mol. The smallest absolute Gasteiger partial charge is 0.136 e. The molecule has 0 aliphatic rings. The van der Waals surface area contributed by atoms with Crippen molar-refractivity contribution in [1.29, 1.82) is 0 Å². The van der Waals surface area contributed by atoms with E-state index in [4.69, 9.17) is 16.0 Å². The first kappa shape index (κ1) is 12.9. The minimum Gasteiger partial charge on any atom is -0.464 e. The standard InChI is InChI=1S/C13H16ClN3O/c1-9-4-5-12(18-9)8-17(3)13-11(6-14)7-15-10(2)16-13/h4-5,7H,6,8H2,1-3H3. The fourth-order valence-corrected chi connectivity index (χ4v) is 1.98. The molecule has 0 unspecified atom stereocenters. The Balaban J connectivity index is 2.22. The predicted octanol–water partition coefficient (Wildman–Crippen LogP) is 3.06. The molecule has 0 amide bonds. The first-order valence-electron chi connectivity index (χ1n) is 5.75. The number of rotatable bonds is 4. The molecule has 4 nitrogen and oxygen atoms in total. The summed E-state index contributed by atoms with van der Waals surface area (Å²) in [6, 6.07) is 3.93. The third-order valence-electron chi connectivity index (χ3n) is 2.66. The van der Waals surface area contributed by atoms with E-state index in [1.54, 1.807) is 6.20 Å². The highest BCUT2D eigenvalue weighted by Crippen LogP contribution is 2.20. The average Bonchev–Trinajstić information content (AvgIpc) is 2.74. The van der Waals surface area contributed by atoms with E-state index in [0.29, 0.717) is 12.4 Å². The summed E-state index contributed by atoms with van der Waals surface area (Å²) in [4.78, 5) is 10.6. The van der Waals surface area contributed by atoms with Gasteiger partial charge in [-0.2, -0.15) is 0 Å². The van der Waals surface area contributed by atoms with Gasteiger partial charge in [-0.1, -0.05) is 0 Å². The molecule has 0 N–H and O–H groups in total. The number of hydrogen-bond acceptors (Lipinski definition) is 4. The number of nitrogens with zero attached hydrogens (tertiary/aromatic N) is 3. The van der Waals surface area contributed by atoms with Crippen molar-refractivity contribution in [2.75, 3.05) is 11.9 Å². The zero-order valence-electron chi connectivity index (χ0n) is 10.8. The van der Waals surface area contributed by atoms with Gasteiger partial charge in [0.25, 0.3) is 0 Å². The molecule has 5 heteroatoms. The van der Waals surface area contributed by atoms with Gasteiger partial charge in [0, 0.05) is 18.8 Å². The Labute approximate surface area is 112 Å². The molecular formula is C13H16ClN3O. The molecule has 0 aliphatic heterocycles. The van der Waals surface area contributed by atoms with E-state index >= 15 is 0 Å². The van der Waals surface area contributed by atoms with E-state index < -0.39 is 0 Å². The lowest BCUT2D eigenvalue weighted by atomic mass is 10.3. The molecule has 0 aliphatic carbocycles. The van der Waals surface area contributed by atoms with Gasteiger partial charge in [0.15, 0.2) is 0 Å². The third kappa shape index (κ3) is 2.82. The molecule has 2 aromatic rings. The van der Waals surface area contributed by atoms with Crippen LogP contribution in [0.5, 0.6) is 0 Å². The van der Waals surface area contributed by atoms with Gasteiger partial charge in [-0.05, 0) is 26.0 Å². The van der Waals surface area contributed by atoms with Crippen molar-refractivity contribution >= 4 is 17.4 Å². The van der Waals surface area contributed by atoms with E-state index in [2.05, 4.69) is 9.97 Å². The van der Waals surface area contributed by atoms with Crippen LogP contribution >= 0.6 is 11.6 Å². The molecule has 0 saturated heterocycles. The SMILES string of the molecule is Cc1ncc(CCl)c(N(C)Cc2ccc(C)o2)n1. The van der Waals surface area contributed by atoms with Crippen LogP contribution in [0.4, 0.5) is 5.82 Å². The molecule has 2 rings (SSSR count). The van der Waals surface area contributed by atoms with Crippen molar-refractivity contribution in [3.63, 3.8) is 0 Å². The second-order valence-corrected chi connectivity index (χ2v) is 4.54. The van der Waals surface area contributed by atoms with Crippen molar-refractivity contribution in [3.05, 3.63) is 41.2 Å². The second kappa shape index (κ2) is 5.40. The summed E-state index contributed by atoms with van der Waals surface area (Å²) in [5.74, 6) is 3.81. The Morgan fingerprint density at radius 1 is 1.33 bits per heavy atom. The molecule has 0 fully saturated rings. The van der Waals surface area contributed by atoms with Crippen molar-refractivity contribution in [3.8, 4) is 0 Å². The normalized spacial score (nSPS) is 10.7. The fourth-order valence-electron chi connectivity index (χ4n) is 1.79. The lowest BCUT2D eigenvalue weighted by Gasteiger charge is -2.19. The van der Waals surface area contributed by atoms with Crippen LogP contribution in [0, 0.1) is 13.8 Å². The lowest BCUT2D eigenvalue weighted by Crippen LogP contribution is -2.19. The van der Waals surface area contributed by atoms with Crippen LogP contribution in [-0.4, -0.2) is 17.0 Å². The van der Waals surface area contributed by atoms with Crippen LogP contribution in [0.2, 0.25) is 0 Å². The molecule has 18 heavy (non-hydrogen) atoms. The molecular weight excluding hydrogens is 250 g/mol. The molecule has 0 atom stereocenters. The number of anilines is 1. The van der Waals surface area contributed by atoms with Gasteiger partial charge in [0.2, 0.25) is 0 Å². The summed E-state index contributed by atoms with van der Waals surface area (Å²) in [5.41, 5.74) is 0.924. The van der Waals surface area contributed by atoms with Crippen LogP contribution in [0.15, 0.2) is 22.7 Å². The third-order valence-corrected chi connectivity index (χ3v) is 2.94. The summed E-state index contributed by atoms with van der Waals surface area (Å²) in [7, 11) is 1.97. The minimum atomic E-state index is 0.400. The Bertz CT molecular complexity index is 539. The number of furan rings is 1. The molecule has 0 bridgehead atoms. The number of aryl methyl sites for hydroxylation is 2. The average molecular weight is 266 g/mol. The van der Waals surface area contributed by atoms with Gasteiger partial charge in [0.1, 0.15) is 23.2 Å². The van der Waals surface area contributed by atoms with Crippen molar-refractivity contribution in [2.24, 2.45) is 0 Å². The summed E-state index contributed by atoms with van der Waals surface area (Å²) in [5, 5.41) is 0. The molecule has 0 aromatic carbocycles. The quantitative estimate of drug-likeness (QED) is 0.797. The van der Waals surface area contributed by atoms with E-state index in [1.165, 1.54) is 0 Å². The van der Waals surface area contributed by atoms with Crippen molar-refractivity contribution in [1.82, 2.24) is 9.97 Å². The highest BCUT2D eigenvalue weighted by Gasteiger charge is 2.11. The van der Waals surface area contributed by atoms with E-state index in [9.17, 15) is 0 Å². The topological polar surface area (TPSA) is 42.2 Å². The van der Waals surface area contributed by atoms with Crippen LogP contribution in [0.1, 0.15) is 22.9 Å². The number of alkyl halides is 1. The molecule has 0 spiro atoms. The van der Waals surface area contributed by atoms with E-state index in [0.717, 1.165) is 28.7 Å². The van der Waals surface area contributed by atoms with Gasteiger partial charge in [-0.3, -0.25) is 0 Å². The number of aromatic nitrogens is 2. The molecule has 96 valence electrons. The first-order valence-corrected chi connectivity index (χ1v) is 6.28. The Kier molecular flexibility index (Phi) is 3.87. The van der Waals surface area contributed by atoms with Crippen LogP contribution in [-0.2, 0) is 12.4 Å². The van der Waals surface area contributed by atoms with Crippen LogP contribution in [0.3, 0.4) is 0 Å². The summed E-state index contributed by atoms with van der Waals surface area (Å²) in [6.07, 6.45) is 1.77. The lowest BCUT2D eigenvalue weighted by molar-refractivity contribution is 0.481. The van der Waals surface area contributed by atoms with Gasteiger partial charge in [-0.25, -0.2) is 9.97 Å². The zero-order valence-corrected chi connectivity index (χ0v) is 11.5. The van der Waals surface area contributed by atoms with Gasteiger partial charge in [0.05, 0.1) is 12.4 Å². The summed E-state index contributed by atoms with van der Waals surface area (Å²) < 4.78 is 5.56. The maximum Gasteiger partial charge on any atom is 0.136 e. The highest BCUT2D eigenvalue weighted by molar-refractivity contribution is 6.17. The van der Waals surface area contributed by atoms with Crippen LogP contribution in [0.25, 0.3) is 0 Å². The van der Waals surface area contributed by atoms with Crippen molar-refractivity contribution in [2.45, 2.75) is 26.3 Å². The van der Waals surface area contributed by atoms with Gasteiger partial charge in [-0.15, -0.1) is 11.6 Å². The van der Waals surface area contributed by atoms with Crippen molar-refractivity contribution < 1.29 is 4.42 Å². The maximum atomic E-state index is 5.91. The Hall–Kier alpha value is -1.55. The highest BCUT2D eigenvalue weighted by atomic mass is 35.5. The minimum absolute atomic E-state index is 0.400. The van der Waals surface area contributed by atoms with E-state index in [-0.39, 0.29) is 0 Å². The first-order chi connectivity index (χ1) is 8.60. The predicted molar refractivity (Wildman–Crippen MR) is 71.9 cm³/mol. The molecule has 0 radical (unpaired) electrons. The Morgan fingerprint density at radius 3 is 2.72 bits per heavy atom. The fraction of sp³-hybridized carbons (Fsp3) is 0.385. The maximum absolute atomic E-state index is 5.91. The van der Waals surface area contributed by atoms with Crippen LogP contribution < -0.4 is 4.90 Å². The number of hydrogen-bond donors (Lipinski definition) is 0. The Morgan fingerprint density at radius 2 is 2.11 bits per heavy atom. The zero-order chi connectivity index (χ0) is 13.1. The number of halogens is 1. The van der Waals surface area contributed by atoms with Gasteiger partial charge >= 0.3 is 0 Å². The summed E-state index contributed by atoms with van der Waals surface area (Å²) >= 11 is 5.91. The summed E-state index contributed by atoms with van der Waals surface area (Å²) in [6.45, 7) is 4.46. The molecule has 2 aromatic heterocycles. The van der Waals surface area contributed by atoms with Gasteiger partial charge < -0.3 is 9.32 Å². The van der Waals surface area contributed by atoms with E-state index in [1.807, 2.05) is 37.9 Å². The molecule has 0 saturated carbocycles. The largest absolute Gasteiger partial charge is 0.464 e. The second-order valence-electron chi connectivity index (χ2n) is 4.27. The molecule has 2 heterocycles.